The van der Waals surface area contributed by atoms with Crippen molar-refractivity contribution in [1.82, 2.24) is 24.1 Å². The minimum Gasteiger partial charge on any atom is -0.309 e. The van der Waals surface area contributed by atoms with Crippen molar-refractivity contribution in [3.63, 3.8) is 0 Å². The van der Waals surface area contributed by atoms with E-state index in [-0.39, 0.29) is 0 Å². The Morgan fingerprint density at radius 2 is 1.02 bits per heavy atom. The van der Waals surface area contributed by atoms with Crippen LogP contribution >= 0.6 is 0 Å². The van der Waals surface area contributed by atoms with E-state index >= 15 is 0 Å². The van der Waals surface area contributed by atoms with E-state index in [1.165, 1.54) is 37.8 Å². The molecule has 0 fully saturated rings. The van der Waals surface area contributed by atoms with Crippen LogP contribution in [0, 0.1) is 0 Å². The van der Waals surface area contributed by atoms with Gasteiger partial charge >= 0.3 is 0 Å². The minimum absolute atomic E-state index is 0.868. The van der Waals surface area contributed by atoms with Gasteiger partial charge in [0.15, 0.2) is 0 Å². The third kappa shape index (κ3) is 4.26. The number of fused-ring (bicyclic) bond motifs is 9. The molecule has 0 N–H and O–H groups in total. The Morgan fingerprint density at radius 1 is 0.385 bits per heavy atom. The fourth-order valence-electron chi connectivity index (χ4n) is 8.01. The molecule has 11 aromatic rings. The third-order valence-corrected chi connectivity index (χ3v) is 10.3. The lowest BCUT2D eigenvalue weighted by atomic mass is 10.0. The summed E-state index contributed by atoms with van der Waals surface area (Å²) in [6, 6.07) is 59.9. The van der Waals surface area contributed by atoms with Crippen molar-refractivity contribution in [2.75, 3.05) is 0 Å². The smallest absolute Gasteiger partial charge is 0.137 e. The molecule has 52 heavy (non-hydrogen) atoms. The van der Waals surface area contributed by atoms with Gasteiger partial charge in [0.2, 0.25) is 0 Å². The van der Waals surface area contributed by atoms with E-state index in [0.717, 1.165) is 61.6 Å². The average molecular weight is 664 g/mol. The zero-order valence-electron chi connectivity index (χ0n) is 28.0. The molecule has 4 aromatic heterocycles. The molecule has 0 saturated carbocycles. The summed E-state index contributed by atoms with van der Waals surface area (Å²) < 4.78 is 4.72. The van der Waals surface area contributed by atoms with Crippen molar-refractivity contribution in [1.29, 1.82) is 0 Å². The molecule has 0 aliphatic rings. The monoisotopic (exact) mass is 663 g/mol. The van der Waals surface area contributed by atoms with E-state index in [2.05, 4.69) is 130 Å². The predicted molar refractivity (Wildman–Crippen MR) is 214 cm³/mol. The molecule has 0 aliphatic heterocycles. The highest BCUT2D eigenvalue weighted by atomic mass is 15.1. The number of hydrogen-bond acceptors (Lipinski definition) is 3. The van der Waals surface area contributed by atoms with Gasteiger partial charge in [-0.3, -0.25) is 4.57 Å². The second-order valence-corrected chi connectivity index (χ2v) is 13.3. The summed E-state index contributed by atoms with van der Waals surface area (Å²) in [6.45, 7) is 0. The van der Waals surface area contributed by atoms with E-state index in [9.17, 15) is 0 Å². The van der Waals surface area contributed by atoms with Crippen LogP contribution < -0.4 is 0 Å². The molecule has 0 amide bonds. The molecule has 4 heterocycles. The van der Waals surface area contributed by atoms with Crippen LogP contribution in [0.5, 0.6) is 0 Å². The number of nitrogens with zero attached hydrogens (tertiary/aromatic N) is 5. The van der Waals surface area contributed by atoms with Crippen LogP contribution in [0.25, 0.3) is 99.4 Å². The number of benzene rings is 7. The Morgan fingerprint density at radius 3 is 1.79 bits per heavy atom. The number of aromatic nitrogens is 5. The first-order valence-electron chi connectivity index (χ1n) is 17.5. The van der Waals surface area contributed by atoms with Gasteiger partial charge in [-0.05, 0) is 60.0 Å². The molecule has 242 valence electrons. The second kappa shape index (κ2) is 11.2. The van der Waals surface area contributed by atoms with Crippen molar-refractivity contribution in [3.8, 4) is 34.0 Å². The van der Waals surface area contributed by atoms with Gasteiger partial charge in [-0.1, -0.05) is 115 Å². The highest BCUT2D eigenvalue weighted by Gasteiger charge is 2.21. The lowest BCUT2D eigenvalue weighted by Crippen LogP contribution is -1.98. The van der Waals surface area contributed by atoms with Gasteiger partial charge in [-0.25, -0.2) is 15.0 Å². The first-order valence-corrected chi connectivity index (χ1v) is 17.5. The van der Waals surface area contributed by atoms with Crippen LogP contribution in [0.15, 0.2) is 176 Å². The number of pyridine rings is 1. The fourth-order valence-corrected chi connectivity index (χ4v) is 8.01. The van der Waals surface area contributed by atoms with Crippen molar-refractivity contribution < 1.29 is 0 Å². The number of para-hydroxylation sites is 3. The van der Waals surface area contributed by atoms with Gasteiger partial charge in [0, 0.05) is 49.9 Å². The third-order valence-electron chi connectivity index (χ3n) is 10.3. The highest BCUT2D eigenvalue weighted by Crippen LogP contribution is 2.41. The fraction of sp³-hybridized carbons (Fsp3) is 0. The van der Waals surface area contributed by atoms with Gasteiger partial charge < -0.3 is 4.57 Å². The van der Waals surface area contributed by atoms with Crippen LogP contribution in [0.3, 0.4) is 0 Å². The molecule has 0 aliphatic carbocycles. The van der Waals surface area contributed by atoms with Crippen LogP contribution in [0.4, 0.5) is 0 Å². The van der Waals surface area contributed by atoms with Crippen LogP contribution in [-0.4, -0.2) is 24.1 Å². The molecule has 0 spiro atoms. The van der Waals surface area contributed by atoms with E-state index < -0.39 is 0 Å². The Balaban J connectivity index is 1.16. The molecule has 5 nitrogen and oxygen atoms in total. The van der Waals surface area contributed by atoms with Crippen LogP contribution in [-0.2, 0) is 0 Å². The van der Waals surface area contributed by atoms with Crippen molar-refractivity contribution >= 4 is 65.4 Å². The first kappa shape index (κ1) is 28.7. The zero-order chi connectivity index (χ0) is 34.2. The van der Waals surface area contributed by atoms with Gasteiger partial charge in [0.25, 0.3) is 0 Å². The Hall–Kier alpha value is -7.11. The van der Waals surface area contributed by atoms with E-state index in [0.29, 0.717) is 0 Å². The van der Waals surface area contributed by atoms with Gasteiger partial charge in [-0.15, -0.1) is 0 Å². The van der Waals surface area contributed by atoms with E-state index in [1.54, 1.807) is 0 Å². The summed E-state index contributed by atoms with van der Waals surface area (Å²) in [7, 11) is 0. The maximum atomic E-state index is 5.15. The number of hydrogen-bond donors (Lipinski definition) is 0. The largest absolute Gasteiger partial charge is 0.309 e. The summed E-state index contributed by atoms with van der Waals surface area (Å²) in [5.74, 6) is 0.899. The summed E-state index contributed by atoms with van der Waals surface area (Å²) in [5.41, 5.74) is 11.2. The normalized spacial score (nSPS) is 11.8. The van der Waals surface area contributed by atoms with Crippen molar-refractivity contribution in [2.45, 2.75) is 0 Å². The molecule has 11 rings (SSSR count). The molecular formula is C47H29N5. The Kier molecular flexibility index (Phi) is 6.18. The predicted octanol–water partition coefficient (Wildman–Crippen LogP) is 11.7. The number of rotatable bonds is 4. The van der Waals surface area contributed by atoms with Gasteiger partial charge in [0.05, 0.1) is 44.5 Å². The molecule has 0 radical (unpaired) electrons. The standard InChI is InChI=1S/C47H29N5/c1-2-13-31(14-3-1)45-46(50-40-18-8-7-17-39(40)49-45)32-21-24-33(25-22-32)51-41-19-9-6-16-35(41)37-28-38-36-26-23-30-12-4-5-15-34(30)47(36)52(43(38)29-42(37)51)44-20-10-11-27-48-44/h1-29H. The maximum absolute atomic E-state index is 5.15. The molecule has 7 aromatic carbocycles. The highest BCUT2D eigenvalue weighted by molar-refractivity contribution is 6.23. The molecule has 5 heteroatoms. The lowest BCUT2D eigenvalue weighted by molar-refractivity contribution is 1.08. The zero-order valence-corrected chi connectivity index (χ0v) is 28.0. The molecular weight excluding hydrogens is 635 g/mol. The van der Waals surface area contributed by atoms with E-state index in [1.807, 2.05) is 54.7 Å². The lowest BCUT2D eigenvalue weighted by Gasteiger charge is -2.13. The first-order chi connectivity index (χ1) is 25.8. The summed E-state index contributed by atoms with van der Waals surface area (Å²) >= 11 is 0. The van der Waals surface area contributed by atoms with Crippen molar-refractivity contribution in [2.24, 2.45) is 0 Å². The molecule has 0 bridgehead atoms. The molecule has 0 saturated heterocycles. The molecule has 0 atom stereocenters. The SMILES string of the molecule is c1ccc(-c2nc3ccccc3nc2-c2ccc(-n3c4ccccc4c4cc5c6ccc7ccccc7c6n(-c6ccccn6)c5cc43)cc2)cc1. The van der Waals surface area contributed by atoms with Crippen LogP contribution in [0.1, 0.15) is 0 Å². The minimum atomic E-state index is 0.868. The van der Waals surface area contributed by atoms with E-state index in [4.69, 9.17) is 15.0 Å². The van der Waals surface area contributed by atoms with Gasteiger partial charge in [-0.2, -0.15) is 0 Å². The average Bonchev–Trinajstić information content (AvgIpc) is 3.72. The maximum Gasteiger partial charge on any atom is 0.137 e. The summed E-state index contributed by atoms with van der Waals surface area (Å²) in [6.07, 6.45) is 1.87. The second-order valence-electron chi connectivity index (χ2n) is 13.3. The quantitative estimate of drug-likeness (QED) is 0.188. The van der Waals surface area contributed by atoms with Crippen LogP contribution in [0.2, 0.25) is 0 Å². The Bertz CT molecular complexity index is 3160. The summed E-state index contributed by atoms with van der Waals surface area (Å²) in [4.78, 5) is 15.1. The molecule has 0 unspecified atom stereocenters. The topological polar surface area (TPSA) is 48.5 Å². The Labute approximate surface area is 298 Å². The summed E-state index contributed by atoms with van der Waals surface area (Å²) in [5, 5.41) is 7.28. The van der Waals surface area contributed by atoms with Crippen molar-refractivity contribution in [3.05, 3.63) is 176 Å². The van der Waals surface area contributed by atoms with Gasteiger partial charge in [0.1, 0.15) is 5.82 Å².